The first-order valence-corrected chi connectivity index (χ1v) is 13.0. The lowest BCUT2D eigenvalue weighted by atomic mass is 10.1. The molecule has 0 bridgehead atoms. The minimum atomic E-state index is -4.05. The first-order chi connectivity index (χ1) is 17.9. The van der Waals surface area contributed by atoms with E-state index in [0.29, 0.717) is 29.9 Å². The molecule has 0 aliphatic rings. The molecule has 11 nitrogen and oxygen atoms in total. The molecular formula is C25H26N6O5S. The normalized spacial score (nSPS) is 12.1. The minimum Gasteiger partial charge on any atom is -0.464 e. The van der Waals surface area contributed by atoms with Gasteiger partial charge in [0.05, 0.1) is 28.8 Å². The van der Waals surface area contributed by atoms with Gasteiger partial charge in [0, 0.05) is 24.7 Å². The average Bonchev–Trinajstić information content (AvgIpc) is 3.41. The van der Waals surface area contributed by atoms with E-state index in [1.807, 2.05) is 12.1 Å². The smallest absolute Gasteiger partial charge is 0.326 e. The van der Waals surface area contributed by atoms with Crippen LogP contribution in [0.5, 0.6) is 0 Å². The third-order valence-corrected chi connectivity index (χ3v) is 6.85. The van der Waals surface area contributed by atoms with E-state index < -0.39 is 27.9 Å². The van der Waals surface area contributed by atoms with E-state index in [9.17, 15) is 18.0 Å². The number of hydrogen-bond acceptors (Lipinski definition) is 8. The highest BCUT2D eigenvalue weighted by Gasteiger charge is 2.28. The quantitative estimate of drug-likeness (QED) is 0.163. The molecule has 2 heterocycles. The topological polar surface area (TPSA) is 155 Å². The first-order valence-electron chi connectivity index (χ1n) is 11.5. The number of aromatic nitrogens is 3. The number of H-pyrrole nitrogens is 1. The van der Waals surface area contributed by atoms with Crippen LogP contribution >= 0.6 is 0 Å². The summed E-state index contributed by atoms with van der Waals surface area (Å²) >= 11 is 0. The second kappa shape index (κ2) is 12.1. The van der Waals surface area contributed by atoms with Crippen molar-refractivity contribution in [1.29, 1.82) is 0 Å². The van der Waals surface area contributed by atoms with Crippen molar-refractivity contribution in [3.05, 3.63) is 84.7 Å². The molecule has 0 radical (unpaired) electrons. The molecular weight excluding hydrogens is 496 g/mol. The van der Waals surface area contributed by atoms with Crippen molar-refractivity contribution in [1.82, 2.24) is 25.2 Å². The van der Waals surface area contributed by atoms with Crippen LogP contribution in [0.1, 0.15) is 16.8 Å². The molecule has 1 unspecified atom stereocenters. The molecule has 192 valence electrons. The van der Waals surface area contributed by atoms with Crippen molar-refractivity contribution in [2.45, 2.75) is 17.4 Å². The monoisotopic (exact) mass is 522 g/mol. The van der Waals surface area contributed by atoms with Crippen LogP contribution in [0.4, 0.5) is 5.82 Å². The summed E-state index contributed by atoms with van der Waals surface area (Å²) in [4.78, 5) is 29.8. The van der Waals surface area contributed by atoms with Gasteiger partial charge in [-0.3, -0.25) is 14.7 Å². The molecule has 37 heavy (non-hydrogen) atoms. The van der Waals surface area contributed by atoms with E-state index in [1.165, 1.54) is 12.1 Å². The fraction of sp³-hybridized carbons (Fsp3) is 0.200. The highest BCUT2D eigenvalue weighted by atomic mass is 32.2. The largest absolute Gasteiger partial charge is 0.464 e. The SMILES string of the molecule is O=C(NCC(NS(=O)(=O)c1ccccc1)C(=O)OCCCNc1ccccn1)c1cccc2cn[nH]c12. The van der Waals surface area contributed by atoms with Crippen LogP contribution < -0.4 is 15.4 Å². The van der Waals surface area contributed by atoms with Crippen LogP contribution in [0.15, 0.2) is 84.0 Å². The van der Waals surface area contributed by atoms with E-state index in [0.717, 1.165) is 5.39 Å². The number of pyridine rings is 1. The van der Waals surface area contributed by atoms with Crippen molar-refractivity contribution in [2.24, 2.45) is 0 Å². The fourth-order valence-corrected chi connectivity index (χ4v) is 4.71. The zero-order valence-corrected chi connectivity index (χ0v) is 20.6. The summed E-state index contributed by atoms with van der Waals surface area (Å²) in [5, 5.41) is 13.2. The number of ether oxygens (including phenoxy) is 1. The lowest BCUT2D eigenvalue weighted by molar-refractivity contribution is -0.145. The third-order valence-electron chi connectivity index (χ3n) is 5.36. The molecule has 0 fully saturated rings. The number of sulfonamides is 1. The van der Waals surface area contributed by atoms with E-state index in [4.69, 9.17) is 4.74 Å². The Morgan fingerprint density at radius 3 is 2.59 bits per heavy atom. The van der Waals surface area contributed by atoms with Crippen molar-refractivity contribution >= 4 is 38.6 Å². The number of nitrogens with zero attached hydrogens (tertiary/aromatic N) is 2. The number of aromatic amines is 1. The summed E-state index contributed by atoms with van der Waals surface area (Å²) in [5.74, 6) is -0.610. The van der Waals surface area contributed by atoms with Gasteiger partial charge in [-0.2, -0.15) is 9.82 Å². The summed E-state index contributed by atoms with van der Waals surface area (Å²) in [6, 6.07) is 16.9. The van der Waals surface area contributed by atoms with Crippen LogP contribution in [0.3, 0.4) is 0 Å². The zero-order valence-electron chi connectivity index (χ0n) is 19.8. The van der Waals surface area contributed by atoms with Gasteiger partial charge in [0.1, 0.15) is 11.9 Å². The van der Waals surface area contributed by atoms with E-state index in [2.05, 4.69) is 30.5 Å². The lowest BCUT2D eigenvalue weighted by Crippen LogP contribution is -2.49. The maximum Gasteiger partial charge on any atom is 0.326 e. The number of carbonyl (C=O) groups is 2. The highest BCUT2D eigenvalue weighted by Crippen LogP contribution is 2.15. The molecule has 12 heteroatoms. The van der Waals surface area contributed by atoms with Crippen LogP contribution in [0.25, 0.3) is 10.9 Å². The number of fused-ring (bicyclic) bond motifs is 1. The van der Waals surface area contributed by atoms with Gasteiger partial charge in [-0.25, -0.2) is 13.4 Å². The summed E-state index contributed by atoms with van der Waals surface area (Å²) in [6.07, 6.45) is 3.71. The number of benzene rings is 2. The molecule has 0 spiro atoms. The number of para-hydroxylation sites is 1. The highest BCUT2D eigenvalue weighted by molar-refractivity contribution is 7.89. The van der Waals surface area contributed by atoms with Gasteiger partial charge in [0.2, 0.25) is 10.0 Å². The van der Waals surface area contributed by atoms with Crippen LogP contribution in [-0.2, 0) is 19.6 Å². The van der Waals surface area contributed by atoms with E-state index in [1.54, 1.807) is 54.9 Å². The van der Waals surface area contributed by atoms with Gasteiger partial charge < -0.3 is 15.4 Å². The molecule has 2 aromatic heterocycles. The standard InChI is InChI=1S/C25H26N6O5S/c32-24(20-11-6-8-18-16-29-30-23(18)20)28-17-21(31-37(34,35)19-9-2-1-3-10-19)25(33)36-15-7-14-27-22-12-4-5-13-26-22/h1-6,8-13,16,21,31H,7,14-15,17H2,(H,26,27)(H,28,32)(H,29,30). The molecule has 0 saturated heterocycles. The number of carbonyl (C=O) groups excluding carboxylic acids is 2. The van der Waals surface area contributed by atoms with E-state index in [-0.39, 0.29) is 18.0 Å². The number of nitrogens with one attached hydrogen (secondary N) is 4. The molecule has 4 N–H and O–H groups in total. The molecule has 4 rings (SSSR count). The van der Waals surface area contributed by atoms with Crippen molar-refractivity contribution < 1.29 is 22.7 Å². The Bertz CT molecular complexity index is 1440. The molecule has 2 aromatic carbocycles. The number of amides is 1. The molecule has 0 saturated carbocycles. The Morgan fingerprint density at radius 2 is 1.81 bits per heavy atom. The predicted octanol–water partition coefficient (Wildman–Crippen LogP) is 2.08. The van der Waals surface area contributed by atoms with Crippen molar-refractivity contribution in [2.75, 3.05) is 25.0 Å². The molecule has 4 aromatic rings. The average molecular weight is 523 g/mol. The molecule has 1 amide bonds. The third kappa shape index (κ3) is 6.90. The second-order valence-corrected chi connectivity index (χ2v) is 9.71. The lowest BCUT2D eigenvalue weighted by Gasteiger charge is -2.19. The van der Waals surface area contributed by atoms with Crippen LogP contribution in [-0.4, -0.2) is 61.2 Å². The maximum atomic E-state index is 12.9. The minimum absolute atomic E-state index is 0.0130. The summed E-state index contributed by atoms with van der Waals surface area (Å²) in [5.41, 5.74) is 0.845. The molecule has 1 atom stereocenters. The number of anilines is 1. The van der Waals surface area contributed by atoms with Gasteiger partial charge in [-0.15, -0.1) is 0 Å². The van der Waals surface area contributed by atoms with Crippen LogP contribution in [0.2, 0.25) is 0 Å². The maximum absolute atomic E-state index is 12.9. The zero-order chi connectivity index (χ0) is 26.1. The van der Waals surface area contributed by atoms with Crippen molar-refractivity contribution in [3.8, 4) is 0 Å². The second-order valence-electron chi connectivity index (χ2n) is 8.00. The fourth-order valence-electron chi connectivity index (χ4n) is 3.51. The first kappa shape index (κ1) is 25.8. The Labute approximate surface area is 213 Å². The van der Waals surface area contributed by atoms with Gasteiger partial charge in [0.25, 0.3) is 5.91 Å². The molecule has 0 aliphatic heterocycles. The summed E-state index contributed by atoms with van der Waals surface area (Å²) < 4.78 is 33.4. The van der Waals surface area contributed by atoms with E-state index >= 15 is 0 Å². The Kier molecular flexibility index (Phi) is 8.44. The Hall–Kier alpha value is -4.29. The number of esters is 1. The Morgan fingerprint density at radius 1 is 1.00 bits per heavy atom. The Balaban J connectivity index is 1.39. The number of hydrogen-bond donors (Lipinski definition) is 4. The number of rotatable bonds is 12. The van der Waals surface area contributed by atoms with Crippen molar-refractivity contribution in [3.63, 3.8) is 0 Å². The molecule has 0 aliphatic carbocycles. The predicted molar refractivity (Wildman–Crippen MR) is 137 cm³/mol. The van der Waals surface area contributed by atoms with Gasteiger partial charge in [-0.05, 0) is 36.8 Å². The summed E-state index contributed by atoms with van der Waals surface area (Å²) in [6.45, 7) is 0.222. The van der Waals surface area contributed by atoms with Crippen LogP contribution in [0, 0.1) is 0 Å². The summed E-state index contributed by atoms with van der Waals surface area (Å²) in [7, 11) is -4.05. The van der Waals surface area contributed by atoms with Gasteiger partial charge in [0.15, 0.2) is 0 Å². The van der Waals surface area contributed by atoms with Gasteiger partial charge in [-0.1, -0.05) is 36.4 Å². The van der Waals surface area contributed by atoms with Gasteiger partial charge >= 0.3 is 5.97 Å².